The number of carbonyl (C=O) groups is 2. The fourth-order valence-electron chi connectivity index (χ4n) is 3.98. The predicted molar refractivity (Wildman–Crippen MR) is 132 cm³/mol. The highest BCUT2D eigenvalue weighted by molar-refractivity contribution is 7.21. The van der Waals surface area contributed by atoms with E-state index < -0.39 is 34.6 Å². The summed E-state index contributed by atoms with van der Waals surface area (Å²) < 4.78 is 43.9. The predicted octanol–water partition coefficient (Wildman–Crippen LogP) is 4.22. The van der Waals surface area contributed by atoms with Crippen LogP contribution in [0.25, 0.3) is 21.3 Å². The number of alkyl halides is 3. The number of hydrogen-bond acceptors (Lipinski definition) is 8. The summed E-state index contributed by atoms with van der Waals surface area (Å²) >= 11 is 0.610. The molecule has 4 rings (SSSR count). The molecule has 0 bridgehead atoms. The van der Waals surface area contributed by atoms with Crippen molar-refractivity contribution < 1.29 is 27.7 Å². The van der Waals surface area contributed by atoms with E-state index in [0.29, 0.717) is 29.1 Å². The van der Waals surface area contributed by atoms with Gasteiger partial charge < -0.3 is 11.1 Å². The third-order valence-corrected chi connectivity index (χ3v) is 7.08. The van der Waals surface area contributed by atoms with Crippen LogP contribution in [0.3, 0.4) is 0 Å². The number of anilines is 1. The molecule has 0 saturated carbocycles. The Hall–Kier alpha value is -4.34. The van der Waals surface area contributed by atoms with E-state index in [4.69, 9.17) is 5.73 Å². The van der Waals surface area contributed by atoms with Gasteiger partial charge in [0.2, 0.25) is 5.91 Å². The summed E-state index contributed by atoms with van der Waals surface area (Å²) in [6.45, 7) is 6.78. The van der Waals surface area contributed by atoms with Gasteiger partial charge in [-0.2, -0.15) is 23.4 Å². The molecule has 38 heavy (non-hydrogen) atoms. The van der Waals surface area contributed by atoms with E-state index in [1.807, 2.05) is 6.92 Å². The fraction of sp³-hybridized carbons (Fsp3) is 0.318. The molecule has 1 unspecified atom stereocenters. The number of carbonyl (C=O) groups excluding carboxylic acids is 2. The zero-order chi connectivity index (χ0) is 28.1. The smallest absolute Gasteiger partial charge is 0.365 e. The number of amides is 2. The Morgan fingerprint density at radius 3 is 2.50 bits per heavy atom. The van der Waals surface area contributed by atoms with Gasteiger partial charge in [0.1, 0.15) is 33.3 Å². The second-order valence-corrected chi connectivity index (χ2v) is 9.36. The monoisotopic (exact) mass is 550 g/mol. The molecular formula is C22H21F3N8O4S. The first-order chi connectivity index (χ1) is 17.7. The maximum Gasteiger partial charge on any atom is 0.433 e. The van der Waals surface area contributed by atoms with E-state index in [-0.39, 0.29) is 37.7 Å². The van der Waals surface area contributed by atoms with Crippen LogP contribution in [0.5, 0.6) is 0 Å². The van der Waals surface area contributed by atoms with Gasteiger partial charge in [-0.25, -0.2) is 4.98 Å². The maximum absolute atomic E-state index is 13.7. The molecule has 0 spiro atoms. The number of rotatable bonds is 7. The molecule has 0 radical (unpaired) electrons. The Morgan fingerprint density at radius 2 is 1.97 bits per heavy atom. The van der Waals surface area contributed by atoms with Gasteiger partial charge in [0.15, 0.2) is 0 Å². The molecule has 3 N–H and O–H groups in total. The maximum atomic E-state index is 13.7. The number of fused-ring (bicyclic) bond motifs is 1. The van der Waals surface area contributed by atoms with Gasteiger partial charge in [0, 0.05) is 23.2 Å². The lowest BCUT2D eigenvalue weighted by Crippen LogP contribution is -2.25. The highest BCUT2D eigenvalue weighted by Crippen LogP contribution is 2.44. The van der Waals surface area contributed by atoms with E-state index in [1.54, 1.807) is 11.6 Å². The summed E-state index contributed by atoms with van der Waals surface area (Å²) in [7, 11) is 0. The van der Waals surface area contributed by atoms with Crippen LogP contribution in [0.2, 0.25) is 0 Å². The number of nitrogens with one attached hydrogen (secondary N) is 1. The largest absolute Gasteiger partial charge is 0.433 e. The second kappa shape index (κ2) is 9.51. The second-order valence-electron chi connectivity index (χ2n) is 8.36. The van der Waals surface area contributed by atoms with Crippen LogP contribution >= 0.6 is 11.3 Å². The van der Waals surface area contributed by atoms with Crippen molar-refractivity contribution in [3.63, 3.8) is 0 Å². The molecular weight excluding hydrogens is 529 g/mol. The van der Waals surface area contributed by atoms with Gasteiger partial charge in [-0.15, -0.1) is 11.3 Å². The lowest BCUT2D eigenvalue weighted by atomic mass is 10.0. The molecule has 0 aromatic carbocycles. The Morgan fingerprint density at radius 1 is 1.29 bits per heavy atom. The lowest BCUT2D eigenvalue weighted by Gasteiger charge is -2.15. The van der Waals surface area contributed by atoms with Crippen molar-refractivity contribution in [2.75, 3.05) is 5.32 Å². The van der Waals surface area contributed by atoms with Crippen molar-refractivity contribution in [1.29, 1.82) is 0 Å². The highest BCUT2D eigenvalue weighted by Gasteiger charge is 2.36. The van der Waals surface area contributed by atoms with Crippen LogP contribution in [0, 0.1) is 24.0 Å². The van der Waals surface area contributed by atoms with Crippen molar-refractivity contribution in [1.82, 2.24) is 24.5 Å². The van der Waals surface area contributed by atoms with Crippen molar-refractivity contribution in [2.24, 2.45) is 5.73 Å². The molecule has 0 aliphatic rings. The molecule has 1 atom stereocenters. The normalized spacial score (nSPS) is 12.6. The van der Waals surface area contributed by atoms with Gasteiger partial charge >= 0.3 is 11.9 Å². The first-order valence-electron chi connectivity index (χ1n) is 11.1. The van der Waals surface area contributed by atoms with Crippen molar-refractivity contribution in [3.8, 4) is 11.1 Å². The lowest BCUT2D eigenvalue weighted by molar-refractivity contribution is -0.385. The average molecular weight is 551 g/mol. The number of thiophene rings is 1. The Labute approximate surface area is 216 Å². The standard InChI is InChI=1S/C22H21F3N8O4S/c1-5-31-10(3)13(7-27-31)12-6-15(22(23,24)25)28-21-16(12)17(18(38-21)19(26)34)29-20(35)11(4)32-8-14(33(36)37)9(2)30-32/h6-8,11H,5H2,1-4H3,(H2,26,34)(H,29,35). The van der Waals surface area contributed by atoms with E-state index in [9.17, 15) is 32.9 Å². The molecule has 0 aliphatic carbocycles. The van der Waals surface area contributed by atoms with E-state index >= 15 is 0 Å². The van der Waals surface area contributed by atoms with Gasteiger partial charge in [0.25, 0.3) is 5.91 Å². The Balaban J connectivity index is 1.91. The van der Waals surface area contributed by atoms with Crippen molar-refractivity contribution in [2.45, 2.75) is 46.5 Å². The summed E-state index contributed by atoms with van der Waals surface area (Å²) in [6, 6.07) is -0.253. The third kappa shape index (κ3) is 4.57. The van der Waals surface area contributed by atoms with Crippen LogP contribution < -0.4 is 11.1 Å². The number of aryl methyl sites for hydroxylation is 2. The topological polar surface area (TPSA) is 164 Å². The van der Waals surface area contributed by atoms with E-state index in [0.717, 1.165) is 16.9 Å². The van der Waals surface area contributed by atoms with Crippen molar-refractivity contribution in [3.05, 3.63) is 50.5 Å². The van der Waals surface area contributed by atoms with Crippen molar-refractivity contribution >= 4 is 44.7 Å². The molecule has 12 nitrogen and oxygen atoms in total. The van der Waals surface area contributed by atoms with Gasteiger partial charge in [-0.1, -0.05) is 0 Å². The molecule has 16 heteroatoms. The van der Waals surface area contributed by atoms with E-state index in [2.05, 4.69) is 20.5 Å². The summed E-state index contributed by atoms with van der Waals surface area (Å²) in [5.41, 5.74) is 4.97. The highest BCUT2D eigenvalue weighted by atomic mass is 32.1. The van der Waals surface area contributed by atoms with E-state index in [1.165, 1.54) is 20.0 Å². The minimum atomic E-state index is -4.79. The minimum Gasteiger partial charge on any atom is -0.365 e. The number of halogens is 3. The number of nitrogens with two attached hydrogens (primary N) is 1. The summed E-state index contributed by atoms with van der Waals surface area (Å²) in [5.74, 6) is -1.72. The number of pyridine rings is 1. The minimum absolute atomic E-state index is 0.0526. The third-order valence-electron chi connectivity index (χ3n) is 5.98. The van der Waals surface area contributed by atoms with Gasteiger partial charge in [-0.3, -0.25) is 29.1 Å². The summed E-state index contributed by atoms with van der Waals surface area (Å²) in [5, 5.41) is 22.0. The first kappa shape index (κ1) is 26.7. The van der Waals surface area contributed by atoms with Crippen LogP contribution in [-0.4, -0.2) is 41.3 Å². The SMILES string of the molecule is CCn1ncc(-c2cc(C(F)(F)F)nc3sc(C(N)=O)c(NC(=O)C(C)n4cc([N+](=O)[O-])c(C)n4)c23)c1C. The molecule has 4 heterocycles. The number of nitrogens with zero attached hydrogens (tertiary/aromatic N) is 6. The average Bonchev–Trinajstić information content (AvgIpc) is 3.52. The molecule has 0 saturated heterocycles. The van der Waals surface area contributed by atoms with Crippen LogP contribution in [0.15, 0.2) is 18.5 Å². The summed E-state index contributed by atoms with van der Waals surface area (Å²) in [4.78, 5) is 39.4. The Kier molecular flexibility index (Phi) is 6.69. The van der Waals surface area contributed by atoms with Crippen LogP contribution in [0.1, 0.15) is 46.6 Å². The number of nitro groups is 1. The number of primary amides is 1. The van der Waals surface area contributed by atoms with Crippen LogP contribution in [-0.2, 0) is 17.5 Å². The molecule has 0 fully saturated rings. The first-order valence-corrected chi connectivity index (χ1v) is 11.9. The molecule has 4 aromatic rings. The van der Waals surface area contributed by atoms with Gasteiger partial charge in [-0.05, 0) is 39.3 Å². The van der Waals surface area contributed by atoms with Crippen LogP contribution in [0.4, 0.5) is 24.5 Å². The molecule has 2 amide bonds. The molecule has 200 valence electrons. The number of aromatic nitrogens is 5. The fourth-order valence-corrected chi connectivity index (χ4v) is 4.98. The van der Waals surface area contributed by atoms with Gasteiger partial charge in [0.05, 0.1) is 16.8 Å². The number of hydrogen-bond donors (Lipinski definition) is 2. The zero-order valence-corrected chi connectivity index (χ0v) is 21.3. The summed E-state index contributed by atoms with van der Waals surface area (Å²) in [6.07, 6.45) is -2.31. The Bertz CT molecular complexity index is 1600. The molecule has 0 aliphatic heterocycles. The zero-order valence-electron chi connectivity index (χ0n) is 20.5. The molecule has 4 aromatic heterocycles. The quantitative estimate of drug-likeness (QED) is 0.257.